The minimum absolute atomic E-state index is 0.264. The quantitative estimate of drug-likeness (QED) is 0.402. The van der Waals surface area contributed by atoms with Crippen molar-refractivity contribution in [3.8, 4) is 0 Å². The average Bonchev–Trinajstić information content (AvgIpc) is 2.85. The van der Waals surface area contributed by atoms with Crippen molar-refractivity contribution < 1.29 is 13.9 Å². The normalized spacial score (nSPS) is 12.7. The van der Waals surface area contributed by atoms with E-state index in [0.29, 0.717) is 13.1 Å². The number of nitrogens with two attached hydrogens (primary N) is 1. The van der Waals surface area contributed by atoms with Crippen LogP contribution in [0.3, 0.4) is 0 Å². The van der Waals surface area contributed by atoms with Gasteiger partial charge in [0.25, 0.3) is 5.91 Å². The summed E-state index contributed by atoms with van der Waals surface area (Å²) in [6.07, 6.45) is 1.61. The number of hydrazine groups is 1. The van der Waals surface area contributed by atoms with E-state index >= 15 is 0 Å². The Balaban J connectivity index is 2.70. The topological polar surface area (TPSA) is 80.7 Å². The molecule has 96 valence electrons. The molecule has 1 heterocycles. The highest BCUT2D eigenvalue weighted by Crippen LogP contribution is 2.09. The van der Waals surface area contributed by atoms with Crippen LogP contribution in [0.15, 0.2) is 22.8 Å². The summed E-state index contributed by atoms with van der Waals surface area (Å²) < 4.78 is 10.3. The molecule has 0 aliphatic rings. The standard InChI is InChI=1S/C11H19N3O3/c1-3-14(7-9-5-4-6-17-9)10(8-16-2)11(15)13-12/h4-6,10H,3,7-8,12H2,1-2H3,(H,13,15). The van der Waals surface area contributed by atoms with Crippen molar-refractivity contribution in [2.45, 2.75) is 19.5 Å². The Labute approximate surface area is 101 Å². The van der Waals surface area contributed by atoms with Crippen LogP contribution in [-0.4, -0.2) is 37.1 Å². The third kappa shape index (κ3) is 3.85. The van der Waals surface area contributed by atoms with Gasteiger partial charge in [0, 0.05) is 7.11 Å². The third-order valence-electron chi connectivity index (χ3n) is 2.56. The van der Waals surface area contributed by atoms with Gasteiger partial charge in [-0.2, -0.15) is 0 Å². The molecular weight excluding hydrogens is 222 g/mol. The lowest BCUT2D eigenvalue weighted by molar-refractivity contribution is -0.128. The molecule has 0 aromatic carbocycles. The number of carbonyl (C=O) groups is 1. The summed E-state index contributed by atoms with van der Waals surface area (Å²) in [6.45, 7) is 3.50. The van der Waals surface area contributed by atoms with Gasteiger partial charge in [0.05, 0.1) is 19.4 Å². The van der Waals surface area contributed by atoms with Crippen LogP contribution in [0.2, 0.25) is 0 Å². The first-order valence-corrected chi connectivity index (χ1v) is 5.48. The molecule has 0 radical (unpaired) electrons. The van der Waals surface area contributed by atoms with Gasteiger partial charge >= 0.3 is 0 Å². The fraction of sp³-hybridized carbons (Fsp3) is 0.545. The molecule has 0 saturated carbocycles. The molecule has 0 aliphatic heterocycles. The van der Waals surface area contributed by atoms with Crippen LogP contribution < -0.4 is 11.3 Å². The van der Waals surface area contributed by atoms with Gasteiger partial charge < -0.3 is 9.15 Å². The minimum Gasteiger partial charge on any atom is -0.468 e. The minimum atomic E-state index is -0.417. The van der Waals surface area contributed by atoms with Gasteiger partial charge in [0.15, 0.2) is 0 Å². The highest BCUT2D eigenvalue weighted by Gasteiger charge is 2.24. The van der Waals surface area contributed by atoms with E-state index in [9.17, 15) is 4.79 Å². The Morgan fingerprint density at radius 1 is 1.71 bits per heavy atom. The van der Waals surface area contributed by atoms with E-state index in [0.717, 1.165) is 5.76 Å². The van der Waals surface area contributed by atoms with Gasteiger partial charge in [-0.25, -0.2) is 5.84 Å². The molecule has 1 aromatic rings. The number of rotatable bonds is 7. The molecule has 1 amide bonds. The monoisotopic (exact) mass is 241 g/mol. The maximum Gasteiger partial charge on any atom is 0.253 e. The van der Waals surface area contributed by atoms with E-state index < -0.39 is 6.04 Å². The summed E-state index contributed by atoms with van der Waals surface area (Å²) in [5.74, 6) is 5.70. The molecule has 0 fully saturated rings. The smallest absolute Gasteiger partial charge is 0.253 e. The van der Waals surface area contributed by atoms with E-state index in [1.165, 1.54) is 0 Å². The van der Waals surface area contributed by atoms with Crippen molar-refractivity contribution in [3.63, 3.8) is 0 Å². The zero-order chi connectivity index (χ0) is 12.7. The van der Waals surface area contributed by atoms with Crippen molar-refractivity contribution in [1.82, 2.24) is 10.3 Å². The molecule has 0 aliphatic carbocycles. The van der Waals surface area contributed by atoms with E-state index in [1.807, 2.05) is 24.0 Å². The molecule has 1 unspecified atom stereocenters. The molecule has 1 rings (SSSR count). The Morgan fingerprint density at radius 2 is 2.47 bits per heavy atom. The lowest BCUT2D eigenvalue weighted by atomic mass is 10.2. The lowest BCUT2D eigenvalue weighted by Crippen LogP contribution is -2.51. The average molecular weight is 241 g/mol. The third-order valence-corrected chi connectivity index (χ3v) is 2.56. The molecule has 1 aromatic heterocycles. The van der Waals surface area contributed by atoms with Gasteiger partial charge in [-0.3, -0.25) is 15.1 Å². The summed E-state index contributed by atoms with van der Waals surface area (Å²) in [4.78, 5) is 13.6. The van der Waals surface area contributed by atoms with Crippen LogP contribution in [0.4, 0.5) is 0 Å². The largest absolute Gasteiger partial charge is 0.468 e. The highest BCUT2D eigenvalue weighted by molar-refractivity contribution is 5.81. The van der Waals surface area contributed by atoms with Gasteiger partial charge in [-0.1, -0.05) is 6.92 Å². The van der Waals surface area contributed by atoms with Crippen LogP contribution in [0.25, 0.3) is 0 Å². The SMILES string of the molecule is CCN(Cc1ccco1)C(COC)C(=O)NN. The van der Waals surface area contributed by atoms with Crippen LogP contribution in [0.1, 0.15) is 12.7 Å². The first-order chi connectivity index (χ1) is 8.22. The van der Waals surface area contributed by atoms with Crippen molar-refractivity contribution in [1.29, 1.82) is 0 Å². The number of furan rings is 1. The van der Waals surface area contributed by atoms with E-state index in [1.54, 1.807) is 13.4 Å². The van der Waals surface area contributed by atoms with Crippen molar-refractivity contribution in [2.75, 3.05) is 20.3 Å². The number of carbonyl (C=O) groups excluding carboxylic acids is 1. The number of likely N-dealkylation sites (N-methyl/N-ethyl adjacent to an activating group) is 1. The van der Waals surface area contributed by atoms with E-state index in [-0.39, 0.29) is 12.5 Å². The molecule has 0 spiro atoms. The number of hydrogen-bond donors (Lipinski definition) is 2. The van der Waals surface area contributed by atoms with Crippen molar-refractivity contribution in [2.24, 2.45) is 5.84 Å². The van der Waals surface area contributed by atoms with Gasteiger partial charge in [-0.05, 0) is 18.7 Å². The molecule has 17 heavy (non-hydrogen) atoms. The summed E-state index contributed by atoms with van der Waals surface area (Å²) in [7, 11) is 1.55. The first-order valence-electron chi connectivity index (χ1n) is 5.48. The fourth-order valence-corrected chi connectivity index (χ4v) is 1.65. The Morgan fingerprint density at radius 3 is 2.94 bits per heavy atom. The molecule has 1 atom stereocenters. The van der Waals surface area contributed by atoms with Crippen LogP contribution in [0, 0.1) is 0 Å². The predicted octanol–water partition coefficient (Wildman–Crippen LogP) is 0.106. The number of hydrogen-bond acceptors (Lipinski definition) is 5. The summed E-state index contributed by atoms with van der Waals surface area (Å²) in [6, 6.07) is 3.27. The number of methoxy groups -OCH3 is 1. The molecule has 0 bridgehead atoms. The zero-order valence-corrected chi connectivity index (χ0v) is 10.2. The highest BCUT2D eigenvalue weighted by atomic mass is 16.5. The second-order valence-electron chi connectivity index (χ2n) is 3.62. The van der Waals surface area contributed by atoms with E-state index in [2.05, 4.69) is 5.43 Å². The fourth-order valence-electron chi connectivity index (χ4n) is 1.65. The first kappa shape index (κ1) is 13.7. The number of amides is 1. The van der Waals surface area contributed by atoms with Gasteiger partial charge in [0.1, 0.15) is 11.8 Å². The maximum atomic E-state index is 11.6. The second kappa shape index (κ2) is 7.05. The molecular formula is C11H19N3O3. The van der Waals surface area contributed by atoms with Crippen molar-refractivity contribution >= 4 is 5.91 Å². The molecule has 3 N–H and O–H groups in total. The van der Waals surface area contributed by atoms with Gasteiger partial charge in [0.2, 0.25) is 0 Å². The van der Waals surface area contributed by atoms with Crippen molar-refractivity contribution in [3.05, 3.63) is 24.2 Å². The Bertz CT molecular complexity index is 327. The number of nitrogens with zero attached hydrogens (tertiary/aromatic N) is 1. The number of nitrogens with one attached hydrogen (secondary N) is 1. The number of ether oxygens (including phenoxy) is 1. The zero-order valence-electron chi connectivity index (χ0n) is 10.2. The molecule has 0 saturated heterocycles. The molecule has 6 nitrogen and oxygen atoms in total. The van der Waals surface area contributed by atoms with Crippen LogP contribution in [-0.2, 0) is 16.1 Å². The Kier molecular flexibility index (Phi) is 5.68. The van der Waals surface area contributed by atoms with Crippen LogP contribution >= 0.6 is 0 Å². The van der Waals surface area contributed by atoms with E-state index in [4.69, 9.17) is 15.0 Å². The maximum absolute atomic E-state index is 11.6. The van der Waals surface area contributed by atoms with Crippen LogP contribution in [0.5, 0.6) is 0 Å². The second-order valence-corrected chi connectivity index (χ2v) is 3.62. The van der Waals surface area contributed by atoms with Gasteiger partial charge in [-0.15, -0.1) is 0 Å². The Hall–Kier alpha value is -1.37. The summed E-state index contributed by atoms with van der Waals surface area (Å²) >= 11 is 0. The lowest BCUT2D eigenvalue weighted by Gasteiger charge is -2.27. The molecule has 6 heteroatoms. The predicted molar refractivity (Wildman–Crippen MR) is 62.8 cm³/mol. The summed E-state index contributed by atoms with van der Waals surface area (Å²) in [5.41, 5.74) is 2.15. The summed E-state index contributed by atoms with van der Waals surface area (Å²) in [5, 5.41) is 0.